The van der Waals surface area contributed by atoms with E-state index in [2.05, 4.69) is 16.0 Å². The van der Waals surface area contributed by atoms with Gasteiger partial charge in [-0.3, -0.25) is 4.90 Å². The summed E-state index contributed by atoms with van der Waals surface area (Å²) in [4.78, 5) is 21.0. The molecule has 2 fully saturated rings. The van der Waals surface area contributed by atoms with Gasteiger partial charge in [-0.15, -0.1) is 0 Å². The number of carbonyl (C=O) groups excluding carboxylic acids is 1. The fraction of sp³-hybridized carbons (Fsp3) is 0.667. The number of piperazine rings is 1. The first-order valence-corrected chi connectivity index (χ1v) is 10.5. The van der Waals surface area contributed by atoms with E-state index in [0.29, 0.717) is 13.1 Å². The molecule has 0 aliphatic carbocycles. The lowest BCUT2D eigenvalue weighted by Gasteiger charge is -2.35. The molecule has 0 N–H and O–H groups in total. The third kappa shape index (κ3) is 4.70. The predicted octanol–water partition coefficient (Wildman–Crippen LogP) is 3.18. The summed E-state index contributed by atoms with van der Waals surface area (Å²) in [7, 11) is 0. The minimum atomic E-state index is -0.464. The first-order valence-electron chi connectivity index (χ1n) is 10.5. The van der Waals surface area contributed by atoms with E-state index < -0.39 is 5.60 Å². The fourth-order valence-corrected chi connectivity index (χ4v) is 3.90. The van der Waals surface area contributed by atoms with E-state index in [4.69, 9.17) is 14.6 Å². The van der Waals surface area contributed by atoms with E-state index in [-0.39, 0.29) is 12.3 Å². The summed E-state index contributed by atoms with van der Waals surface area (Å²) in [6, 6.07) is 4.04. The van der Waals surface area contributed by atoms with Crippen molar-refractivity contribution in [2.24, 2.45) is 0 Å². The number of hydrogen-bond donors (Lipinski definition) is 0. The van der Waals surface area contributed by atoms with Crippen molar-refractivity contribution in [3.05, 3.63) is 24.0 Å². The Hall–Kier alpha value is -2.19. The highest BCUT2D eigenvalue weighted by molar-refractivity contribution is 5.78. The second kappa shape index (κ2) is 8.28. The van der Waals surface area contributed by atoms with Gasteiger partial charge in [0.1, 0.15) is 5.60 Å². The Morgan fingerprint density at radius 2 is 2.03 bits per heavy atom. The molecule has 4 rings (SSSR count). The van der Waals surface area contributed by atoms with Gasteiger partial charge in [-0.2, -0.15) is 5.10 Å². The third-order valence-corrected chi connectivity index (χ3v) is 5.37. The Morgan fingerprint density at radius 3 is 2.72 bits per heavy atom. The van der Waals surface area contributed by atoms with Crippen molar-refractivity contribution in [3.8, 4) is 0 Å². The lowest BCUT2D eigenvalue weighted by molar-refractivity contribution is -0.0374. The van der Waals surface area contributed by atoms with E-state index in [9.17, 15) is 4.79 Å². The molecule has 158 valence electrons. The van der Waals surface area contributed by atoms with Crippen LogP contribution < -0.4 is 0 Å². The molecule has 2 saturated heterocycles. The molecule has 8 heteroatoms. The highest BCUT2D eigenvalue weighted by Crippen LogP contribution is 2.27. The number of pyridine rings is 1. The molecule has 8 nitrogen and oxygen atoms in total. The van der Waals surface area contributed by atoms with Gasteiger partial charge in [-0.25, -0.2) is 14.5 Å². The van der Waals surface area contributed by atoms with Gasteiger partial charge >= 0.3 is 6.09 Å². The maximum Gasteiger partial charge on any atom is 0.410 e. The molecule has 4 heterocycles. The zero-order valence-electron chi connectivity index (χ0n) is 17.6. The summed E-state index contributed by atoms with van der Waals surface area (Å²) in [5, 5.41) is 5.97. The van der Waals surface area contributed by atoms with Crippen molar-refractivity contribution >= 4 is 17.1 Å². The van der Waals surface area contributed by atoms with Crippen LogP contribution in [0, 0.1) is 0 Å². The molecule has 0 spiro atoms. The quantitative estimate of drug-likeness (QED) is 0.787. The SMILES string of the molecule is CC(C)(C)OC(=O)N1CCN(Cc2nn(C3CCCCO3)c3ncccc23)CC1. The Kier molecular flexibility index (Phi) is 5.74. The van der Waals surface area contributed by atoms with Crippen LogP contribution in [0.15, 0.2) is 18.3 Å². The molecular formula is C21H31N5O3. The van der Waals surface area contributed by atoms with Crippen LogP contribution in [-0.4, -0.2) is 69.0 Å². The normalized spacial score (nSPS) is 21.5. The van der Waals surface area contributed by atoms with Crippen LogP contribution in [0.3, 0.4) is 0 Å². The van der Waals surface area contributed by atoms with E-state index in [1.807, 2.05) is 37.7 Å². The fourth-order valence-electron chi connectivity index (χ4n) is 3.90. The number of amides is 1. The smallest absolute Gasteiger partial charge is 0.410 e. The number of ether oxygens (including phenoxy) is 2. The van der Waals surface area contributed by atoms with Crippen molar-refractivity contribution in [2.45, 2.75) is 58.4 Å². The van der Waals surface area contributed by atoms with Gasteiger partial charge in [0.2, 0.25) is 0 Å². The Bertz CT molecular complexity index is 846. The summed E-state index contributed by atoms with van der Waals surface area (Å²) >= 11 is 0. The third-order valence-electron chi connectivity index (χ3n) is 5.37. The van der Waals surface area contributed by atoms with Crippen molar-refractivity contribution < 1.29 is 14.3 Å². The van der Waals surface area contributed by atoms with E-state index in [1.54, 1.807) is 4.90 Å². The van der Waals surface area contributed by atoms with Crippen LogP contribution in [0.4, 0.5) is 4.79 Å². The summed E-state index contributed by atoms with van der Waals surface area (Å²) < 4.78 is 13.4. The first-order chi connectivity index (χ1) is 13.9. The average Bonchev–Trinajstić information content (AvgIpc) is 3.07. The van der Waals surface area contributed by atoms with Crippen molar-refractivity contribution in [3.63, 3.8) is 0 Å². The van der Waals surface area contributed by atoms with Crippen LogP contribution in [0.1, 0.15) is 52.0 Å². The van der Waals surface area contributed by atoms with E-state index >= 15 is 0 Å². The molecule has 2 aliphatic rings. The van der Waals surface area contributed by atoms with Gasteiger partial charge in [-0.1, -0.05) is 0 Å². The number of hydrogen-bond acceptors (Lipinski definition) is 6. The molecule has 1 unspecified atom stereocenters. The molecule has 29 heavy (non-hydrogen) atoms. The van der Waals surface area contributed by atoms with E-state index in [1.165, 1.54) is 0 Å². The molecule has 2 aliphatic heterocycles. The van der Waals surface area contributed by atoms with Crippen LogP contribution in [0.5, 0.6) is 0 Å². The van der Waals surface area contributed by atoms with Gasteiger partial charge < -0.3 is 14.4 Å². The van der Waals surface area contributed by atoms with Gasteiger partial charge in [-0.05, 0) is 52.2 Å². The molecule has 0 saturated carbocycles. The zero-order chi connectivity index (χ0) is 20.4. The largest absolute Gasteiger partial charge is 0.444 e. The summed E-state index contributed by atoms with van der Waals surface area (Å²) in [5.74, 6) is 0. The van der Waals surface area contributed by atoms with Crippen molar-refractivity contribution in [2.75, 3.05) is 32.8 Å². The first kappa shape index (κ1) is 20.1. The highest BCUT2D eigenvalue weighted by Gasteiger charge is 2.27. The lowest BCUT2D eigenvalue weighted by Crippen LogP contribution is -2.49. The van der Waals surface area contributed by atoms with Gasteiger partial charge in [0.15, 0.2) is 11.9 Å². The standard InChI is InChI=1S/C21H31N5O3/c1-21(2,3)29-20(27)25-12-10-24(11-13-25)15-17-16-7-6-9-22-19(16)26(23-17)18-8-4-5-14-28-18/h6-7,9,18H,4-5,8,10-15H2,1-3H3. The van der Waals surface area contributed by atoms with Crippen LogP contribution in [-0.2, 0) is 16.0 Å². The maximum atomic E-state index is 12.3. The maximum absolute atomic E-state index is 12.3. The number of nitrogens with zero attached hydrogens (tertiary/aromatic N) is 5. The number of rotatable bonds is 3. The van der Waals surface area contributed by atoms with Crippen LogP contribution in [0.25, 0.3) is 11.0 Å². The second-order valence-electron chi connectivity index (χ2n) is 8.83. The summed E-state index contributed by atoms with van der Waals surface area (Å²) in [6.45, 7) is 10.1. The monoisotopic (exact) mass is 401 g/mol. The molecule has 2 aromatic rings. The molecule has 0 aromatic carbocycles. The molecule has 1 atom stereocenters. The van der Waals surface area contributed by atoms with Gasteiger partial charge in [0, 0.05) is 50.9 Å². The van der Waals surface area contributed by atoms with Crippen LogP contribution >= 0.6 is 0 Å². The average molecular weight is 402 g/mol. The minimum absolute atomic E-state index is 0.0288. The number of fused-ring (bicyclic) bond motifs is 1. The Balaban J connectivity index is 1.43. The van der Waals surface area contributed by atoms with Crippen molar-refractivity contribution in [1.82, 2.24) is 24.6 Å². The predicted molar refractivity (Wildman–Crippen MR) is 109 cm³/mol. The Morgan fingerprint density at radius 1 is 1.24 bits per heavy atom. The van der Waals surface area contributed by atoms with Crippen molar-refractivity contribution in [1.29, 1.82) is 0 Å². The Labute approximate surface area is 171 Å². The molecule has 0 radical (unpaired) electrons. The molecule has 1 amide bonds. The number of aromatic nitrogens is 3. The van der Waals surface area contributed by atoms with Gasteiger partial charge in [0.05, 0.1) is 5.69 Å². The second-order valence-corrected chi connectivity index (χ2v) is 8.83. The molecule has 2 aromatic heterocycles. The molecular weight excluding hydrogens is 370 g/mol. The molecule has 0 bridgehead atoms. The lowest BCUT2D eigenvalue weighted by atomic mass is 10.2. The minimum Gasteiger partial charge on any atom is -0.444 e. The summed E-state index contributed by atoms with van der Waals surface area (Å²) in [6.07, 6.45) is 4.79. The topological polar surface area (TPSA) is 72.7 Å². The highest BCUT2D eigenvalue weighted by atomic mass is 16.6. The number of carbonyl (C=O) groups is 1. The van der Waals surface area contributed by atoms with Crippen LogP contribution in [0.2, 0.25) is 0 Å². The van der Waals surface area contributed by atoms with E-state index in [0.717, 1.165) is 62.2 Å². The zero-order valence-corrected chi connectivity index (χ0v) is 17.6. The van der Waals surface area contributed by atoms with Gasteiger partial charge in [0.25, 0.3) is 0 Å². The summed E-state index contributed by atoms with van der Waals surface area (Å²) in [5.41, 5.74) is 1.45.